The summed E-state index contributed by atoms with van der Waals surface area (Å²) in [5.41, 5.74) is 0.401. The Morgan fingerprint density at radius 2 is 1.66 bits per heavy atom. The Morgan fingerprint density at radius 1 is 1.00 bits per heavy atom. The molecule has 1 unspecified atom stereocenters. The monoisotopic (exact) mass is 649 g/mol. The van der Waals surface area contributed by atoms with Gasteiger partial charge in [-0.05, 0) is 35.4 Å². The van der Waals surface area contributed by atoms with Crippen molar-refractivity contribution in [2.24, 2.45) is 0 Å². The standard InChI is InChI=1S/C29H20Cl5N3O4/c1-2-29(38)26(20-7-17(10-35)24-25(20)36-14-37-28(24)34)41-23(13-39-11-15-3-5-18(30)8-21(15)32)27(29)40-12-16-4-6-19(31)9-22(16)33/h1,3-9,14,20,23,26-27,38H,11-13H2/t20?,23-,26+,27-,29+/m1/s1. The van der Waals surface area contributed by atoms with Crippen LogP contribution in [0.2, 0.25) is 25.2 Å². The van der Waals surface area contributed by atoms with Crippen LogP contribution in [0, 0.1) is 23.7 Å². The molecule has 0 amide bonds. The van der Waals surface area contributed by atoms with Crippen LogP contribution in [0.15, 0.2) is 48.8 Å². The summed E-state index contributed by atoms with van der Waals surface area (Å²) in [5.74, 6) is 1.76. The molecule has 0 bridgehead atoms. The second-order valence-corrected chi connectivity index (χ2v) is 11.5. The summed E-state index contributed by atoms with van der Waals surface area (Å²) in [4.78, 5) is 8.33. The zero-order chi connectivity index (χ0) is 29.3. The second kappa shape index (κ2) is 12.5. The molecule has 3 aromatic rings. The van der Waals surface area contributed by atoms with Gasteiger partial charge in [-0.3, -0.25) is 0 Å². The Balaban J connectivity index is 1.45. The number of allylic oxidation sites excluding steroid dienone is 1. The Hall–Kier alpha value is -2.40. The van der Waals surface area contributed by atoms with Crippen LogP contribution in [-0.4, -0.2) is 45.6 Å². The molecule has 1 saturated heterocycles. The molecule has 5 atom stereocenters. The topological polar surface area (TPSA) is 97.5 Å². The summed E-state index contributed by atoms with van der Waals surface area (Å²) in [7, 11) is 0. The Kier molecular flexibility index (Phi) is 9.13. The average molecular weight is 652 g/mol. The fourth-order valence-corrected chi connectivity index (χ4v) is 6.15. The highest BCUT2D eigenvalue weighted by molar-refractivity contribution is 6.35. The van der Waals surface area contributed by atoms with Gasteiger partial charge in [-0.2, -0.15) is 5.26 Å². The fourth-order valence-electron chi connectivity index (χ4n) is 4.98. The quantitative estimate of drug-likeness (QED) is 0.214. The number of terminal acetylenes is 1. The molecule has 210 valence electrons. The molecule has 2 aromatic carbocycles. The highest BCUT2D eigenvalue weighted by Crippen LogP contribution is 2.47. The summed E-state index contributed by atoms with van der Waals surface area (Å²) in [6, 6.07) is 12.2. The number of rotatable bonds is 8. The van der Waals surface area contributed by atoms with Crippen LogP contribution in [0.3, 0.4) is 0 Å². The summed E-state index contributed by atoms with van der Waals surface area (Å²) >= 11 is 31.0. The number of fused-ring (bicyclic) bond motifs is 1. The number of ether oxygens (including phenoxy) is 3. The van der Waals surface area contributed by atoms with E-state index >= 15 is 0 Å². The third-order valence-electron chi connectivity index (χ3n) is 6.95. The number of hydrogen-bond acceptors (Lipinski definition) is 7. The van der Waals surface area contributed by atoms with E-state index in [0.717, 1.165) is 0 Å². The number of halogens is 5. The van der Waals surface area contributed by atoms with Crippen molar-refractivity contribution in [2.75, 3.05) is 6.61 Å². The molecular formula is C29H20Cl5N3O4. The van der Waals surface area contributed by atoms with Crippen molar-refractivity contribution in [2.45, 2.75) is 43.0 Å². The fraction of sp³-hybridized carbons (Fsp3) is 0.276. The van der Waals surface area contributed by atoms with Gasteiger partial charge in [0.15, 0.2) is 5.60 Å². The third-order valence-corrected chi connectivity index (χ3v) is 8.41. The number of nitriles is 1. The van der Waals surface area contributed by atoms with E-state index in [1.807, 2.05) is 0 Å². The first-order valence-electron chi connectivity index (χ1n) is 12.2. The normalized spacial score (nSPS) is 24.9. The van der Waals surface area contributed by atoms with Crippen molar-refractivity contribution >= 4 is 63.6 Å². The molecule has 1 aliphatic carbocycles. The van der Waals surface area contributed by atoms with Gasteiger partial charge in [0, 0.05) is 20.1 Å². The molecule has 41 heavy (non-hydrogen) atoms. The van der Waals surface area contributed by atoms with Crippen molar-refractivity contribution < 1.29 is 19.3 Å². The molecule has 1 N–H and O–H groups in total. The zero-order valence-electron chi connectivity index (χ0n) is 21.0. The van der Waals surface area contributed by atoms with E-state index in [2.05, 4.69) is 22.0 Å². The lowest BCUT2D eigenvalue weighted by Gasteiger charge is -2.31. The van der Waals surface area contributed by atoms with Crippen LogP contribution in [-0.2, 0) is 27.4 Å². The SMILES string of the molecule is C#C[C@@]1(O)[C@H](OCc2ccc(Cl)cc2Cl)[C@@H](COCc2ccc(Cl)cc2Cl)O[C@H]1C1C=C(C#N)c2c(Cl)ncnc21. The van der Waals surface area contributed by atoms with E-state index < -0.39 is 29.8 Å². The average Bonchev–Trinajstić information content (AvgIpc) is 3.45. The summed E-state index contributed by atoms with van der Waals surface area (Å²) in [5, 5.41) is 23.6. The minimum absolute atomic E-state index is 0.00517. The smallest absolute Gasteiger partial charge is 0.181 e. The van der Waals surface area contributed by atoms with Crippen LogP contribution in [0.25, 0.3) is 5.57 Å². The Bertz CT molecular complexity index is 1600. The minimum Gasteiger partial charge on any atom is -0.374 e. The molecule has 0 spiro atoms. The minimum atomic E-state index is -1.97. The van der Waals surface area contributed by atoms with Crippen molar-refractivity contribution in [1.29, 1.82) is 5.26 Å². The maximum Gasteiger partial charge on any atom is 0.181 e. The Morgan fingerprint density at radius 3 is 2.27 bits per heavy atom. The molecular weight excluding hydrogens is 632 g/mol. The predicted molar refractivity (Wildman–Crippen MR) is 157 cm³/mol. The lowest BCUT2D eigenvalue weighted by Crippen LogP contribution is -2.50. The van der Waals surface area contributed by atoms with Crippen molar-refractivity contribution in [3.05, 3.63) is 96.4 Å². The molecule has 12 heteroatoms. The van der Waals surface area contributed by atoms with Gasteiger partial charge >= 0.3 is 0 Å². The second-order valence-electron chi connectivity index (χ2n) is 9.43. The number of aliphatic hydroxyl groups is 1. The van der Waals surface area contributed by atoms with Gasteiger partial charge in [-0.15, -0.1) is 6.42 Å². The maximum absolute atomic E-state index is 12.0. The van der Waals surface area contributed by atoms with Crippen LogP contribution in [0.4, 0.5) is 0 Å². The molecule has 1 aliphatic heterocycles. The van der Waals surface area contributed by atoms with E-state index in [4.69, 9.17) is 78.6 Å². The summed E-state index contributed by atoms with van der Waals surface area (Å²) < 4.78 is 18.5. The number of aromatic nitrogens is 2. The zero-order valence-corrected chi connectivity index (χ0v) is 24.8. The largest absolute Gasteiger partial charge is 0.374 e. The first-order chi connectivity index (χ1) is 19.7. The van der Waals surface area contributed by atoms with E-state index in [1.165, 1.54) is 6.33 Å². The summed E-state index contributed by atoms with van der Waals surface area (Å²) in [6.45, 7) is 0.116. The highest BCUT2D eigenvalue weighted by atomic mass is 35.5. The van der Waals surface area contributed by atoms with Gasteiger partial charge in [-0.25, -0.2) is 9.97 Å². The molecule has 0 saturated carbocycles. The molecule has 1 aromatic heterocycles. The first-order valence-corrected chi connectivity index (χ1v) is 14.1. The van der Waals surface area contributed by atoms with Crippen LogP contribution >= 0.6 is 58.0 Å². The molecule has 5 rings (SSSR count). The van der Waals surface area contributed by atoms with Gasteiger partial charge in [-0.1, -0.05) is 82.1 Å². The van der Waals surface area contributed by atoms with E-state index in [1.54, 1.807) is 42.5 Å². The Labute approximate surface area is 261 Å². The van der Waals surface area contributed by atoms with Gasteiger partial charge in [0.05, 0.1) is 48.6 Å². The summed E-state index contributed by atoms with van der Waals surface area (Å²) in [6.07, 6.45) is 5.87. The molecule has 7 nitrogen and oxygen atoms in total. The molecule has 0 radical (unpaired) electrons. The van der Waals surface area contributed by atoms with E-state index in [9.17, 15) is 10.4 Å². The van der Waals surface area contributed by atoms with Gasteiger partial charge < -0.3 is 19.3 Å². The first kappa shape index (κ1) is 30.1. The van der Waals surface area contributed by atoms with Crippen LogP contribution in [0.1, 0.15) is 28.3 Å². The number of hydrogen-bond donors (Lipinski definition) is 1. The van der Waals surface area contributed by atoms with Crippen molar-refractivity contribution in [1.82, 2.24) is 9.97 Å². The van der Waals surface area contributed by atoms with Crippen LogP contribution < -0.4 is 0 Å². The van der Waals surface area contributed by atoms with Gasteiger partial charge in [0.2, 0.25) is 0 Å². The van der Waals surface area contributed by atoms with E-state index in [-0.39, 0.29) is 30.5 Å². The maximum atomic E-state index is 12.0. The number of nitrogens with zero attached hydrogens (tertiary/aromatic N) is 3. The number of benzene rings is 2. The van der Waals surface area contributed by atoms with Crippen molar-refractivity contribution in [3.8, 4) is 18.4 Å². The predicted octanol–water partition coefficient (Wildman–Crippen LogP) is 6.68. The molecule has 2 aliphatic rings. The highest BCUT2D eigenvalue weighted by Gasteiger charge is 2.59. The van der Waals surface area contributed by atoms with E-state index in [0.29, 0.717) is 42.5 Å². The van der Waals surface area contributed by atoms with Gasteiger partial charge in [0.1, 0.15) is 29.8 Å². The molecule has 1 fully saturated rings. The van der Waals surface area contributed by atoms with Gasteiger partial charge in [0.25, 0.3) is 0 Å². The lowest BCUT2D eigenvalue weighted by atomic mass is 9.83. The molecule has 2 heterocycles. The van der Waals surface area contributed by atoms with Crippen LogP contribution in [0.5, 0.6) is 0 Å². The lowest BCUT2D eigenvalue weighted by molar-refractivity contribution is -0.0887. The van der Waals surface area contributed by atoms with Crippen molar-refractivity contribution in [3.63, 3.8) is 0 Å². The third kappa shape index (κ3) is 5.94.